The topological polar surface area (TPSA) is 29.1 Å². The van der Waals surface area contributed by atoms with Gasteiger partial charge in [0.25, 0.3) is 5.91 Å². The SMILES string of the molecule is O=C(NCc1cccc(Cl)c1)c1cccc(Br)c1F. The smallest absolute Gasteiger partial charge is 0.254 e. The first-order valence-corrected chi connectivity index (χ1v) is 6.71. The van der Waals surface area contributed by atoms with Crippen LogP contribution in [0.3, 0.4) is 0 Å². The normalized spacial score (nSPS) is 10.3. The van der Waals surface area contributed by atoms with Gasteiger partial charge in [0.2, 0.25) is 0 Å². The maximum absolute atomic E-state index is 13.7. The van der Waals surface area contributed by atoms with Crippen LogP contribution in [0.5, 0.6) is 0 Å². The molecule has 1 amide bonds. The summed E-state index contributed by atoms with van der Waals surface area (Å²) in [6.07, 6.45) is 0. The minimum Gasteiger partial charge on any atom is -0.348 e. The second-order valence-electron chi connectivity index (χ2n) is 3.91. The molecule has 0 fully saturated rings. The Hall–Kier alpha value is -1.39. The molecule has 2 aromatic rings. The lowest BCUT2D eigenvalue weighted by Crippen LogP contribution is -2.23. The summed E-state index contributed by atoms with van der Waals surface area (Å²) in [5, 5.41) is 3.25. The molecule has 2 aromatic carbocycles. The van der Waals surface area contributed by atoms with Crippen LogP contribution in [-0.4, -0.2) is 5.91 Å². The van der Waals surface area contributed by atoms with Crippen LogP contribution in [0.2, 0.25) is 5.02 Å². The fourth-order valence-electron chi connectivity index (χ4n) is 1.60. The van der Waals surface area contributed by atoms with Crippen LogP contribution in [0.25, 0.3) is 0 Å². The molecule has 0 aliphatic heterocycles. The minimum absolute atomic E-state index is 0.0106. The van der Waals surface area contributed by atoms with Gasteiger partial charge in [0, 0.05) is 11.6 Å². The van der Waals surface area contributed by atoms with Crippen molar-refractivity contribution in [2.45, 2.75) is 6.54 Å². The first kappa shape index (κ1) is 14.0. The highest BCUT2D eigenvalue weighted by atomic mass is 79.9. The van der Waals surface area contributed by atoms with Crippen molar-refractivity contribution >= 4 is 33.4 Å². The molecule has 0 radical (unpaired) electrons. The molecule has 19 heavy (non-hydrogen) atoms. The minimum atomic E-state index is -0.564. The maximum atomic E-state index is 13.7. The lowest BCUT2D eigenvalue weighted by Gasteiger charge is -2.07. The first-order valence-electron chi connectivity index (χ1n) is 5.54. The van der Waals surface area contributed by atoms with Gasteiger partial charge < -0.3 is 5.32 Å². The van der Waals surface area contributed by atoms with Gasteiger partial charge in [-0.05, 0) is 45.8 Å². The van der Waals surface area contributed by atoms with E-state index in [0.29, 0.717) is 11.6 Å². The third kappa shape index (κ3) is 3.55. The number of amides is 1. The van der Waals surface area contributed by atoms with Crippen LogP contribution in [0.4, 0.5) is 4.39 Å². The largest absolute Gasteiger partial charge is 0.348 e. The van der Waals surface area contributed by atoms with E-state index in [9.17, 15) is 9.18 Å². The molecule has 98 valence electrons. The van der Waals surface area contributed by atoms with Crippen molar-refractivity contribution < 1.29 is 9.18 Å². The summed E-state index contributed by atoms with van der Waals surface area (Å²) in [5.41, 5.74) is 0.868. The average molecular weight is 343 g/mol. The highest BCUT2D eigenvalue weighted by Crippen LogP contribution is 2.18. The molecular formula is C14H10BrClFNO. The molecule has 2 nitrogen and oxygen atoms in total. The van der Waals surface area contributed by atoms with Crippen LogP contribution in [0.15, 0.2) is 46.9 Å². The monoisotopic (exact) mass is 341 g/mol. The highest BCUT2D eigenvalue weighted by Gasteiger charge is 2.13. The van der Waals surface area contributed by atoms with Gasteiger partial charge in [-0.3, -0.25) is 4.79 Å². The number of hydrogen-bond acceptors (Lipinski definition) is 1. The van der Waals surface area contributed by atoms with E-state index in [-0.39, 0.29) is 10.0 Å². The Morgan fingerprint density at radius 1 is 1.26 bits per heavy atom. The molecular weight excluding hydrogens is 333 g/mol. The molecule has 0 atom stereocenters. The number of carbonyl (C=O) groups is 1. The quantitative estimate of drug-likeness (QED) is 0.891. The van der Waals surface area contributed by atoms with Crippen LogP contribution < -0.4 is 5.32 Å². The fraction of sp³-hybridized carbons (Fsp3) is 0.0714. The van der Waals surface area contributed by atoms with E-state index in [1.165, 1.54) is 6.07 Å². The predicted molar refractivity (Wildman–Crippen MR) is 76.7 cm³/mol. The van der Waals surface area contributed by atoms with E-state index in [1.807, 2.05) is 6.07 Å². The molecule has 0 aliphatic rings. The Morgan fingerprint density at radius 3 is 2.74 bits per heavy atom. The van der Waals surface area contributed by atoms with E-state index in [1.54, 1.807) is 30.3 Å². The Labute approximate surface area is 123 Å². The zero-order chi connectivity index (χ0) is 13.8. The van der Waals surface area contributed by atoms with Gasteiger partial charge in [0.15, 0.2) is 0 Å². The Kier molecular flexibility index (Phi) is 4.56. The second kappa shape index (κ2) is 6.17. The van der Waals surface area contributed by atoms with Gasteiger partial charge in [-0.25, -0.2) is 4.39 Å². The molecule has 0 saturated carbocycles. The third-order valence-electron chi connectivity index (χ3n) is 2.54. The van der Waals surface area contributed by atoms with Crippen LogP contribution in [0.1, 0.15) is 15.9 Å². The van der Waals surface area contributed by atoms with E-state index in [0.717, 1.165) is 5.56 Å². The molecule has 1 N–H and O–H groups in total. The number of halogens is 3. The Balaban J connectivity index is 2.08. The molecule has 0 aromatic heterocycles. The summed E-state index contributed by atoms with van der Waals surface area (Å²) < 4.78 is 14.0. The number of rotatable bonds is 3. The molecule has 0 heterocycles. The molecule has 0 saturated heterocycles. The summed E-state index contributed by atoms with van der Waals surface area (Å²) in [5.74, 6) is -1.02. The lowest BCUT2D eigenvalue weighted by molar-refractivity contribution is 0.0946. The highest BCUT2D eigenvalue weighted by molar-refractivity contribution is 9.10. The standard InChI is InChI=1S/C14H10BrClFNO/c15-12-6-2-5-11(13(12)17)14(19)18-8-9-3-1-4-10(16)7-9/h1-7H,8H2,(H,18,19). The zero-order valence-corrected chi connectivity index (χ0v) is 12.1. The summed E-state index contributed by atoms with van der Waals surface area (Å²) in [6, 6.07) is 11.7. The van der Waals surface area contributed by atoms with Crippen molar-refractivity contribution in [1.29, 1.82) is 0 Å². The van der Waals surface area contributed by atoms with Crippen molar-refractivity contribution in [3.63, 3.8) is 0 Å². The second-order valence-corrected chi connectivity index (χ2v) is 5.20. The van der Waals surface area contributed by atoms with Gasteiger partial charge >= 0.3 is 0 Å². The molecule has 0 aliphatic carbocycles. The van der Waals surface area contributed by atoms with Crippen LogP contribution in [0, 0.1) is 5.82 Å². The van der Waals surface area contributed by atoms with Crippen LogP contribution >= 0.6 is 27.5 Å². The van der Waals surface area contributed by atoms with Crippen molar-refractivity contribution in [2.75, 3.05) is 0 Å². The van der Waals surface area contributed by atoms with Gasteiger partial charge in [-0.15, -0.1) is 0 Å². The molecule has 5 heteroatoms. The van der Waals surface area contributed by atoms with Gasteiger partial charge in [-0.2, -0.15) is 0 Å². The van der Waals surface area contributed by atoms with Gasteiger partial charge in [0.1, 0.15) is 5.82 Å². The van der Waals surface area contributed by atoms with Gasteiger partial charge in [-0.1, -0.05) is 29.8 Å². The predicted octanol–water partition coefficient (Wildman–Crippen LogP) is 4.17. The summed E-state index contributed by atoms with van der Waals surface area (Å²) in [6.45, 7) is 0.297. The fourth-order valence-corrected chi connectivity index (χ4v) is 2.18. The molecule has 2 rings (SSSR count). The molecule has 0 unspecified atom stereocenters. The summed E-state index contributed by atoms with van der Waals surface area (Å²) in [4.78, 5) is 11.9. The average Bonchev–Trinajstić information content (AvgIpc) is 2.39. The Morgan fingerprint density at radius 2 is 2.00 bits per heavy atom. The maximum Gasteiger partial charge on any atom is 0.254 e. The number of benzene rings is 2. The van der Waals surface area contributed by atoms with Crippen molar-refractivity contribution in [3.05, 3.63) is 68.9 Å². The van der Waals surface area contributed by atoms with Crippen LogP contribution in [-0.2, 0) is 6.54 Å². The van der Waals surface area contributed by atoms with E-state index in [2.05, 4.69) is 21.2 Å². The molecule has 0 spiro atoms. The lowest BCUT2D eigenvalue weighted by atomic mass is 10.2. The Bertz CT molecular complexity index is 618. The van der Waals surface area contributed by atoms with E-state index >= 15 is 0 Å². The molecule has 0 bridgehead atoms. The van der Waals surface area contributed by atoms with E-state index in [4.69, 9.17) is 11.6 Å². The number of nitrogens with one attached hydrogen (secondary N) is 1. The number of hydrogen-bond donors (Lipinski definition) is 1. The van der Waals surface area contributed by atoms with E-state index < -0.39 is 11.7 Å². The third-order valence-corrected chi connectivity index (χ3v) is 3.39. The first-order chi connectivity index (χ1) is 9.08. The van der Waals surface area contributed by atoms with Crippen molar-refractivity contribution in [1.82, 2.24) is 5.32 Å². The number of carbonyl (C=O) groups excluding carboxylic acids is 1. The summed E-state index contributed by atoms with van der Waals surface area (Å²) >= 11 is 8.89. The van der Waals surface area contributed by atoms with Crippen molar-refractivity contribution in [2.24, 2.45) is 0 Å². The zero-order valence-electron chi connectivity index (χ0n) is 9.79. The summed E-state index contributed by atoms with van der Waals surface area (Å²) in [7, 11) is 0. The van der Waals surface area contributed by atoms with Gasteiger partial charge in [0.05, 0.1) is 10.0 Å². The van der Waals surface area contributed by atoms with Crippen molar-refractivity contribution in [3.8, 4) is 0 Å².